The number of nitrogens with one attached hydrogen (secondary N) is 1. The first-order valence-electron chi connectivity index (χ1n) is 10.1. The van der Waals surface area contributed by atoms with Crippen molar-refractivity contribution in [3.05, 3.63) is 64.8 Å². The van der Waals surface area contributed by atoms with Gasteiger partial charge in [0.2, 0.25) is 0 Å². The van der Waals surface area contributed by atoms with Crippen LogP contribution in [0.2, 0.25) is 0 Å². The van der Waals surface area contributed by atoms with E-state index in [-0.39, 0.29) is 5.91 Å². The predicted molar refractivity (Wildman–Crippen MR) is 115 cm³/mol. The Morgan fingerprint density at radius 3 is 2.90 bits per heavy atom. The van der Waals surface area contributed by atoms with E-state index in [1.54, 1.807) is 59.9 Å². The molecule has 0 saturated heterocycles. The summed E-state index contributed by atoms with van der Waals surface area (Å²) in [5, 5.41) is 22.3. The number of aromatic nitrogens is 5. The molecular formula is C21H22N6O3S. The van der Waals surface area contributed by atoms with Crippen LogP contribution < -0.4 is 5.32 Å². The Morgan fingerprint density at radius 2 is 2.16 bits per heavy atom. The molecule has 9 nitrogen and oxygen atoms in total. The summed E-state index contributed by atoms with van der Waals surface area (Å²) < 4.78 is 8.48. The van der Waals surface area contributed by atoms with E-state index < -0.39 is 6.10 Å². The number of methoxy groups -OCH3 is 1. The highest BCUT2D eigenvalue weighted by molar-refractivity contribution is 7.17. The number of amides is 1. The third-order valence-electron chi connectivity index (χ3n) is 5.32. The Bertz CT molecular complexity index is 1210. The molecule has 31 heavy (non-hydrogen) atoms. The average molecular weight is 439 g/mol. The van der Waals surface area contributed by atoms with Crippen molar-refractivity contribution in [2.24, 2.45) is 0 Å². The Kier molecular flexibility index (Phi) is 5.26. The van der Waals surface area contributed by atoms with Crippen LogP contribution in [0, 0.1) is 0 Å². The number of aliphatic hydroxyl groups excluding tert-OH is 1. The fraction of sp³-hybridized carbons (Fsp3) is 0.333. The molecule has 10 heteroatoms. The van der Waals surface area contributed by atoms with E-state index in [0.29, 0.717) is 30.3 Å². The normalized spacial score (nSPS) is 14.8. The van der Waals surface area contributed by atoms with Crippen LogP contribution in [0.1, 0.15) is 51.5 Å². The van der Waals surface area contributed by atoms with Gasteiger partial charge in [0.05, 0.1) is 30.4 Å². The van der Waals surface area contributed by atoms with Gasteiger partial charge in [0.25, 0.3) is 5.91 Å². The van der Waals surface area contributed by atoms with Gasteiger partial charge in [0.15, 0.2) is 0 Å². The van der Waals surface area contributed by atoms with Crippen molar-refractivity contribution in [3.63, 3.8) is 0 Å². The molecule has 1 unspecified atom stereocenters. The molecule has 1 atom stereocenters. The number of fused-ring (bicyclic) bond motifs is 1. The molecule has 1 aromatic carbocycles. The van der Waals surface area contributed by atoms with Crippen molar-refractivity contribution in [2.75, 3.05) is 20.3 Å². The average Bonchev–Trinajstić information content (AvgIpc) is 3.19. The van der Waals surface area contributed by atoms with E-state index in [1.165, 1.54) is 4.88 Å². The van der Waals surface area contributed by atoms with Gasteiger partial charge in [-0.1, -0.05) is 5.21 Å². The summed E-state index contributed by atoms with van der Waals surface area (Å²) >= 11 is 1.68. The summed E-state index contributed by atoms with van der Waals surface area (Å²) in [4.78, 5) is 18.5. The Balaban J connectivity index is 1.36. The number of thiazole rings is 1. The summed E-state index contributed by atoms with van der Waals surface area (Å²) in [5.41, 5.74) is 2.60. The summed E-state index contributed by atoms with van der Waals surface area (Å²) in [6, 6.07) is 7.05. The zero-order chi connectivity index (χ0) is 21.4. The number of carbonyl (C=O) groups is 1. The summed E-state index contributed by atoms with van der Waals surface area (Å²) in [5.74, 6) is 0.347. The molecule has 1 aliphatic rings. The van der Waals surface area contributed by atoms with Crippen LogP contribution in [-0.2, 0) is 4.74 Å². The highest BCUT2D eigenvalue weighted by Crippen LogP contribution is 2.47. The van der Waals surface area contributed by atoms with Crippen LogP contribution in [-0.4, -0.2) is 55.7 Å². The third kappa shape index (κ3) is 3.85. The van der Waals surface area contributed by atoms with Gasteiger partial charge in [0, 0.05) is 24.1 Å². The lowest BCUT2D eigenvalue weighted by molar-refractivity contribution is 0.0937. The summed E-state index contributed by atoms with van der Waals surface area (Å²) in [6.07, 6.45) is 6.67. The lowest BCUT2D eigenvalue weighted by atomic mass is 10.1. The fourth-order valence-electron chi connectivity index (χ4n) is 3.53. The molecule has 160 valence electrons. The minimum Gasteiger partial charge on any atom is -0.383 e. The minimum atomic E-state index is -0.891. The summed E-state index contributed by atoms with van der Waals surface area (Å²) in [7, 11) is 1.59. The molecule has 1 aliphatic carbocycles. The van der Waals surface area contributed by atoms with E-state index >= 15 is 0 Å². The monoisotopic (exact) mass is 438 g/mol. The van der Waals surface area contributed by atoms with Crippen LogP contribution in [0.25, 0.3) is 10.5 Å². The molecule has 0 radical (unpaired) electrons. The number of hydrogen-bond acceptors (Lipinski definition) is 7. The number of nitrogens with zero attached hydrogens (tertiary/aromatic N) is 5. The van der Waals surface area contributed by atoms with Gasteiger partial charge in [-0.2, -0.15) is 0 Å². The lowest BCUT2D eigenvalue weighted by Crippen LogP contribution is -2.26. The van der Waals surface area contributed by atoms with Crippen molar-refractivity contribution in [1.29, 1.82) is 0 Å². The molecule has 4 aromatic rings. The molecule has 1 saturated carbocycles. The minimum absolute atomic E-state index is 0.160. The largest absolute Gasteiger partial charge is 0.383 e. The molecular weight excluding hydrogens is 416 g/mol. The molecule has 0 aliphatic heterocycles. The predicted octanol–water partition coefficient (Wildman–Crippen LogP) is 2.31. The van der Waals surface area contributed by atoms with Gasteiger partial charge < -0.3 is 15.2 Å². The zero-order valence-electron chi connectivity index (χ0n) is 16.9. The van der Waals surface area contributed by atoms with E-state index in [9.17, 15) is 9.90 Å². The number of carbonyl (C=O) groups excluding carboxylic acids is 1. The Labute approximate surface area is 182 Å². The second-order valence-electron chi connectivity index (χ2n) is 7.51. The first kappa shape index (κ1) is 19.9. The zero-order valence-corrected chi connectivity index (χ0v) is 17.7. The molecule has 1 fully saturated rings. The third-order valence-corrected chi connectivity index (χ3v) is 6.59. The topological polar surface area (TPSA) is 107 Å². The van der Waals surface area contributed by atoms with Crippen molar-refractivity contribution in [2.45, 2.75) is 24.9 Å². The van der Waals surface area contributed by atoms with Gasteiger partial charge in [0.1, 0.15) is 23.0 Å². The van der Waals surface area contributed by atoms with Crippen molar-refractivity contribution >= 4 is 22.1 Å². The first-order valence-corrected chi connectivity index (χ1v) is 10.9. The highest BCUT2D eigenvalue weighted by Gasteiger charge is 2.33. The van der Waals surface area contributed by atoms with Crippen LogP contribution in [0.5, 0.6) is 0 Å². The van der Waals surface area contributed by atoms with E-state index in [1.807, 2.05) is 10.6 Å². The number of rotatable bonds is 8. The standard InChI is InChI=1S/C21H22N6O3S/c1-30-9-8-23-21(29)14-4-6-15(7-5-14)27-11-16(24-25-27)19(28)18-20(13-2-3-13)31-17-10-22-12-26(17)18/h4-7,10-13,19,28H,2-3,8-9H2,1H3,(H,23,29). The van der Waals surface area contributed by atoms with Crippen LogP contribution in [0.3, 0.4) is 0 Å². The maximum Gasteiger partial charge on any atom is 0.251 e. The smallest absolute Gasteiger partial charge is 0.251 e. The Morgan fingerprint density at radius 1 is 1.35 bits per heavy atom. The van der Waals surface area contributed by atoms with Gasteiger partial charge in [-0.25, -0.2) is 9.67 Å². The van der Waals surface area contributed by atoms with Crippen molar-refractivity contribution < 1.29 is 14.6 Å². The first-order chi connectivity index (χ1) is 15.2. The molecule has 5 rings (SSSR count). The second-order valence-corrected chi connectivity index (χ2v) is 8.58. The van der Waals surface area contributed by atoms with Gasteiger partial charge in [-0.3, -0.25) is 9.20 Å². The molecule has 3 heterocycles. The number of hydrogen-bond donors (Lipinski definition) is 2. The van der Waals surface area contributed by atoms with Crippen molar-refractivity contribution in [3.8, 4) is 5.69 Å². The van der Waals surface area contributed by atoms with Gasteiger partial charge in [-0.05, 0) is 43.0 Å². The molecule has 1 amide bonds. The van der Waals surface area contributed by atoms with E-state index in [2.05, 4.69) is 20.6 Å². The van der Waals surface area contributed by atoms with E-state index in [4.69, 9.17) is 4.74 Å². The lowest BCUT2D eigenvalue weighted by Gasteiger charge is -2.09. The molecule has 3 aromatic heterocycles. The molecule has 0 bridgehead atoms. The maximum atomic E-state index is 12.1. The van der Waals surface area contributed by atoms with Gasteiger partial charge >= 0.3 is 0 Å². The van der Waals surface area contributed by atoms with Crippen LogP contribution >= 0.6 is 11.3 Å². The Hall–Kier alpha value is -3.08. The summed E-state index contributed by atoms with van der Waals surface area (Å²) in [6.45, 7) is 0.920. The van der Waals surface area contributed by atoms with Gasteiger partial charge in [-0.15, -0.1) is 16.4 Å². The number of benzene rings is 1. The number of ether oxygens (including phenoxy) is 1. The number of imidazole rings is 1. The fourth-order valence-corrected chi connectivity index (χ4v) is 4.83. The number of aliphatic hydroxyl groups is 1. The maximum absolute atomic E-state index is 12.1. The second kappa shape index (κ2) is 8.22. The molecule has 0 spiro atoms. The van der Waals surface area contributed by atoms with Crippen molar-refractivity contribution in [1.82, 2.24) is 29.7 Å². The van der Waals surface area contributed by atoms with Crippen LogP contribution in [0.15, 0.2) is 43.0 Å². The SMILES string of the molecule is COCCNC(=O)c1ccc(-n2cc(C(O)c3c(C4CC4)sc4cncn34)nn2)cc1. The quantitative estimate of drug-likeness (QED) is 0.409. The van der Waals surface area contributed by atoms with Crippen LogP contribution in [0.4, 0.5) is 0 Å². The highest BCUT2D eigenvalue weighted by atomic mass is 32.1. The molecule has 2 N–H and O–H groups in total. The van der Waals surface area contributed by atoms with E-state index in [0.717, 1.165) is 29.1 Å².